The Balaban J connectivity index is 2.78. The lowest BCUT2D eigenvalue weighted by Crippen LogP contribution is -2.23. The minimum absolute atomic E-state index is 0.192. The second-order valence-corrected chi connectivity index (χ2v) is 5.71. The third-order valence-corrected chi connectivity index (χ3v) is 3.87. The van der Waals surface area contributed by atoms with Gasteiger partial charge in [0.05, 0.1) is 5.83 Å². The van der Waals surface area contributed by atoms with Crippen LogP contribution in [0.15, 0.2) is 42.2 Å². The van der Waals surface area contributed by atoms with E-state index in [0.29, 0.717) is 19.0 Å². The first-order valence-corrected chi connectivity index (χ1v) is 8.33. The van der Waals surface area contributed by atoms with E-state index in [9.17, 15) is 4.39 Å². The number of allylic oxidation sites excluding steroid dienone is 4. The first-order valence-electron chi connectivity index (χ1n) is 8.33. The molecule has 0 aliphatic carbocycles. The lowest BCUT2D eigenvalue weighted by Gasteiger charge is -2.17. The summed E-state index contributed by atoms with van der Waals surface area (Å²) in [5, 5.41) is 3.39. The van der Waals surface area contributed by atoms with E-state index in [2.05, 4.69) is 17.4 Å². The van der Waals surface area contributed by atoms with E-state index in [4.69, 9.17) is 11.5 Å². The molecule has 4 heteroatoms. The van der Waals surface area contributed by atoms with Gasteiger partial charge in [0, 0.05) is 0 Å². The van der Waals surface area contributed by atoms with Crippen molar-refractivity contribution >= 4 is 5.57 Å². The summed E-state index contributed by atoms with van der Waals surface area (Å²) in [4.78, 5) is 0. The number of halogens is 1. The van der Waals surface area contributed by atoms with Crippen LogP contribution in [0.5, 0.6) is 0 Å². The van der Waals surface area contributed by atoms with Crippen LogP contribution >= 0.6 is 0 Å². The first kappa shape index (κ1) is 19.6. The molecule has 0 aromatic heterocycles. The maximum Gasteiger partial charge on any atom is 0.0974 e. The van der Waals surface area contributed by atoms with Crippen molar-refractivity contribution < 1.29 is 4.39 Å². The predicted molar refractivity (Wildman–Crippen MR) is 97.9 cm³/mol. The fraction of sp³-hybridized carbons (Fsp3) is 0.474. The molecule has 0 spiro atoms. The lowest BCUT2D eigenvalue weighted by atomic mass is 9.92. The topological polar surface area (TPSA) is 64.1 Å². The van der Waals surface area contributed by atoms with Crippen LogP contribution in [-0.2, 0) is 0 Å². The number of hydrogen-bond acceptors (Lipinski definition) is 3. The van der Waals surface area contributed by atoms with E-state index in [0.717, 1.165) is 37.1 Å². The maximum absolute atomic E-state index is 13.2. The molecule has 1 rings (SSSR count). The zero-order valence-corrected chi connectivity index (χ0v) is 14.3. The molecule has 0 heterocycles. The van der Waals surface area contributed by atoms with Gasteiger partial charge in [0.1, 0.15) is 0 Å². The Hall–Kier alpha value is -1.49. The third-order valence-electron chi connectivity index (χ3n) is 3.87. The summed E-state index contributed by atoms with van der Waals surface area (Å²) < 4.78 is 13.2. The smallest absolute Gasteiger partial charge is 0.0974 e. The van der Waals surface area contributed by atoms with Crippen molar-refractivity contribution in [1.29, 1.82) is 0 Å². The van der Waals surface area contributed by atoms with Gasteiger partial charge < -0.3 is 16.8 Å². The number of rotatable bonds is 10. The Bertz CT molecular complexity index is 519. The SMILES string of the molecule is C/C=C(\C=C(/C)F)c1cccc(C(CN)CCNCCCN)c1. The molecule has 0 fully saturated rings. The van der Waals surface area contributed by atoms with Gasteiger partial charge in [0.25, 0.3) is 0 Å². The van der Waals surface area contributed by atoms with Gasteiger partial charge in [-0.15, -0.1) is 0 Å². The predicted octanol–water partition coefficient (Wildman–Crippen LogP) is 3.33. The molecule has 0 aliphatic heterocycles. The molecule has 128 valence electrons. The highest BCUT2D eigenvalue weighted by Crippen LogP contribution is 2.24. The minimum atomic E-state index is -0.192. The highest BCUT2D eigenvalue weighted by atomic mass is 19.1. The Kier molecular flexibility index (Phi) is 9.45. The fourth-order valence-corrected chi connectivity index (χ4v) is 2.57. The van der Waals surface area contributed by atoms with Gasteiger partial charge >= 0.3 is 0 Å². The van der Waals surface area contributed by atoms with Crippen molar-refractivity contribution in [3.05, 3.63) is 53.4 Å². The van der Waals surface area contributed by atoms with Crippen LogP contribution in [0, 0.1) is 0 Å². The molecular formula is C19H30FN3. The summed E-state index contributed by atoms with van der Waals surface area (Å²) in [6.45, 7) is 6.56. The average molecular weight is 319 g/mol. The molecule has 0 saturated carbocycles. The van der Waals surface area contributed by atoms with Crippen LogP contribution < -0.4 is 16.8 Å². The Labute approximate surface area is 139 Å². The van der Waals surface area contributed by atoms with Crippen molar-refractivity contribution in [3.8, 4) is 0 Å². The molecule has 5 N–H and O–H groups in total. The van der Waals surface area contributed by atoms with E-state index in [1.165, 1.54) is 12.5 Å². The van der Waals surface area contributed by atoms with Gasteiger partial charge in [-0.25, -0.2) is 4.39 Å². The summed E-state index contributed by atoms with van der Waals surface area (Å²) in [6, 6.07) is 8.23. The van der Waals surface area contributed by atoms with Crippen molar-refractivity contribution in [2.45, 2.75) is 32.6 Å². The molecule has 1 atom stereocenters. The van der Waals surface area contributed by atoms with Gasteiger partial charge in [0.2, 0.25) is 0 Å². The molecule has 0 aliphatic rings. The van der Waals surface area contributed by atoms with E-state index >= 15 is 0 Å². The summed E-state index contributed by atoms with van der Waals surface area (Å²) in [5.41, 5.74) is 14.6. The van der Waals surface area contributed by atoms with Crippen LogP contribution in [0.4, 0.5) is 4.39 Å². The molecule has 23 heavy (non-hydrogen) atoms. The molecule has 0 bridgehead atoms. The fourth-order valence-electron chi connectivity index (χ4n) is 2.57. The summed E-state index contributed by atoms with van der Waals surface area (Å²) in [7, 11) is 0. The average Bonchev–Trinajstić information content (AvgIpc) is 2.56. The van der Waals surface area contributed by atoms with Crippen LogP contribution in [0.3, 0.4) is 0 Å². The Morgan fingerprint density at radius 1 is 1.30 bits per heavy atom. The number of nitrogens with two attached hydrogens (primary N) is 2. The maximum atomic E-state index is 13.2. The summed E-state index contributed by atoms with van der Waals surface area (Å²) in [5.74, 6) is 0.108. The van der Waals surface area contributed by atoms with Crippen molar-refractivity contribution in [2.75, 3.05) is 26.2 Å². The normalized spacial score (nSPS) is 14.1. The summed E-state index contributed by atoms with van der Waals surface area (Å²) >= 11 is 0. The zero-order chi connectivity index (χ0) is 17.1. The van der Waals surface area contributed by atoms with Crippen LogP contribution in [0.1, 0.15) is 43.7 Å². The van der Waals surface area contributed by atoms with E-state index in [1.54, 1.807) is 6.08 Å². The van der Waals surface area contributed by atoms with Gasteiger partial charge in [-0.05, 0) is 81.6 Å². The van der Waals surface area contributed by atoms with Crippen LogP contribution in [-0.4, -0.2) is 26.2 Å². The Morgan fingerprint density at radius 2 is 2.09 bits per heavy atom. The van der Waals surface area contributed by atoms with E-state index in [-0.39, 0.29) is 5.83 Å². The highest BCUT2D eigenvalue weighted by molar-refractivity contribution is 5.74. The van der Waals surface area contributed by atoms with E-state index < -0.39 is 0 Å². The molecule has 3 nitrogen and oxygen atoms in total. The number of nitrogens with one attached hydrogen (secondary N) is 1. The van der Waals surface area contributed by atoms with Gasteiger partial charge in [-0.3, -0.25) is 0 Å². The minimum Gasteiger partial charge on any atom is -0.330 e. The number of benzene rings is 1. The van der Waals surface area contributed by atoms with Gasteiger partial charge in [-0.1, -0.05) is 30.3 Å². The molecule has 1 unspecified atom stereocenters. The second-order valence-electron chi connectivity index (χ2n) is 5.71. The molecule has 0 radical (unpaired) electrons. The summed E-state index contributed by atoms with van der Waals surface area (Å²) in [6.07, 6.45) is 5.45. The van der Waals surface area contributed by atoms with Crippen molar-refractivity contribution in [3.63, 3.8) is 0 Å². The monoisotopic (exact) mass is 319 g/mol. The molecule has 0 amide bonds. The first-order chi connectivity index (χ1) is 11.1. The van der Waals surface area contributed by atoms with Crippen LogP contribution in [0.25, 0.3) is 5.57 Å². The molecule has 1 aromatic carbocycles. The standard InChI is InChI=1S/C19H30FN3/c1-3-16(12-15(2)20)17-6-4-7-18(13-17)19(14-22)8-11-23-10-5-9-21/h3-4,6-7,12-13,19,23H,5,8-11,14,21-22H2,1-2H3/b15-12+,16-3+. The van der Waals surface area contributed by atoms with Crippen LogP contribution in [0.2, 0.25) is 0 Å². The highest BCUT2D eigenvalue weighted by Gasteiger charge is 2.10. The lowest BCUT2D eigenvalue weighted by molar-refractivity contribution is 0.565. The Morgan fingerprint density at radius 3 is 2.70 bits per heavy atom. The molecular weight excluding hydrogens is 289 g/mol. The zero-order valence-electron chi connectivity index (χ0n) is 14.3. The molecule has 1 aromatic rings. The molecule has 0 saturated heterocycles. The van der Waals surface area contributed by atoms with Crippen molar-refractivity contribution in [1.82, 2.24) is 5.32 Å². The van der Waals surface area contributed by atoms with Gasteiger partial charge in [0.15, 0.2) is 0 Å². The third kappa shape index (κ3) is 7.08. The van der Waals surface area contributed by atoms with Gasteiger partial charge in [-0.2, -0.15) is 0 Å². The van der Waals surface area contributed by atoms with Crippen molar-refractivity contribution in [2.24, 2.45) is 11.5 Å². The largest absolute Gasteiger partial charge is 0.330 e. The van der Waals surface area contributed by atoms with E-state index in [1.807, 2.05) is 25.1 Å². The quantitative estimate of drug-likeness (QED) is 0.458. The number of hydrogen-bond donors (Lipinski definition) is 3. The second kappa shape index (κ2) is 11.1.